The highest BCUT2D eigenvalue weighted by Gasteiger charge is 2.20. The minimum atomic E-state index is -0.669. The van der Waals surface area contributed by atoms with Gasteiger partial charge in [-0.05, 0) is 51.4 Å². The molecule has 0 fully saturated rings. The van der Waals surface area contributed by atoms with Crippen LogP contribution in [0.5, 0.6) is 0 Å². The number of allylic oxidation sites excluding steroid dienone is 2. The summed E-state index contributed by atoms with van der Waals surface area (Å²) in [5, 5.41) is 23.1. The normalized spacial score (nSPS) is 12.7. The SMILES string of the molecule is CCCCCCCCCCCCCCCCCCC(=O)OCCCCCCCCCCC/C=C\CCCCCCCC(=O)NC(CO)C(O)CCCCCCCCCCC. The van der Waals surface area contributed by atoms with Crippen molar-refractivity contribution < 1.29 is 24.5 Å². The van der Waals surface area contributed by atoms with Crippen molar-refractivity contribution in [3.8, 4) is 0 Å². The Morgan fingerprint density at radius 3 is 1.18 bits per heavy atom. The number of rotatable bonds is 50. The number of aliphatic hydroxyl groups is 2. The second-order valence-corrected chi connectivity index (χ2v) is 18.6. The van der Waals surface area contributed by atoms with Gasteiger partial charge < -0.3 is 20.3 Å². The number of hydrogen-bond donors (Lipinski definition) is 3. The van der Waals surface area contributed by atoms with E-state index in [9.17, 15) is 19.8 Å². The number of amides is 1. The van der Waals surface area contributed by atoms with E-state index in [1.54, 1.807) is 0 Å². The van der Waals surface area contributed by atoms with Crippen molar-refractivity contribution >= 4 is 11.9 Å². The smallest absolute Gasteiger partial charge is 0.305 e. The maximum Gasteiger partial charge on any atom is 0.305 e. The fourth-order valence-electron chi connectivity index (χ4n) is 8.40. The molecule has 0 aromatic heterocycles. The predicted octanol–water partition coefficient (Wildman–Crippen LogP) is 16.1. The minimum Gasteiger partial charge on any atom is -0.466 e. The Kier molecular flexibility index (Phi) is 49.1. The van der Waals surface area contributed by atoms with E-state index in [1.165, 1.54) is 212 Å². The van der Waals surface area contributed by atoms with Gasteiger partial charge in [-0.3, -0.25) is 9.59 Å². The summed E-state index contributed by atoms with van der Waals surface area (Å²) in [6.07, 6.45) is 57.7. The van der Waals surface area contributed by atoms with Crippen molar-refractivity contribution in [1.82, 2.24) is 5.32 Å². The molecule has 6 heteroatoms. The Hall–Kier alpha value is -1.40. The molecule has 0 bridgehead atoms. The Bertz CT molecular complexity index is 893. The fraction of sp³-hybridized carbons (Fsp3) is 0.926. The van der Waals surface area contributed by atoms with Crippen LogP contribution in [-0.2, 0) is 14.3 Å². The second-order valence-electron chi connectivity index (χ2n) is 18.6. The van der Waals surface area contributed by atoms with Crippen LogP contribution < -0.4 is 5.32 Å². The van der Waals surface area contributed by atoms with Gasteiger partial charge in [0.25, 0.3) is 0 Å². The molecule has 356 valence electrons. The molecule has 1 amide bonds. The molecule has 0 saturated carbocycles. The third-order valence-electron chi connectivity index (χ3n) is 12.6. The van der Waals surface area contributed by atoms with Crippen molar-refractivity contribution in [3.05, 3.63) is 12.2 Å². The van der Waals surface area contributed by atoms with Gasteiger partial charge in [0.1, 0.15) is 0 Å². The van der Waals surface area contributed by atoms with Gasteiger partial charge in [-0.2, -0.15) is 0 Å². The first-order valence-electron chi connectivity index (χ1n) is 26.9. The summed E-state index contributed by atoms with van der Waals surface area (Å²) in [5.41, 5.74) is 0. The van der Waals surface area contributed by atoms with Crippen LogP contribution in [0.4, 0.5) is 0 Å². The van der Waals surface area contributed by atoms with Gasteiger partial charge >= 0.3 is 5.97 Å². The van der Waals surface area contributed by atoms with Crippen LogP contribution in [0.25, 0.3) is 0 Å². The van der Waals surface area contributed by atoms with E-state index in [0.29, 0.717) is 25.9 Å². The van der Waals surface area contributed by atoms with Crippen LogP contribution >= 0.6 is 0 Å². The molecular formula is C54H105NO5. The maximum absolute atomic E-state index is 12.4. The van der Waals surface area contributed by atoms with Gasteiger partial charge in [0, 0.05) is 12.8 Å². The van der Waals surface area contributed by atoms with E-state index in [2.05, 4.69) is 31.3 Å². The molecule has 0 aliphatic rings. The number of esters is 1. The molecule has 0 aliphatic heterocycles. The number of carbonyl (C=O) groups excluding carboxylic acids is 2. The number of aliphatic hydroxyl groups excluding tert-OH is 2. The number of ether oxygens (including phenoxy) is 1. The standard InChI is InChI=1S/C54H105NO5/c1-3-5-7-9-11-13-14-15-16-22-25-28-32-36-40-44-48-54(59)60-49-45-41-37-33-29-26-23-20-18-17-19-21-24-27-31-35-39-43-47-53(58)55-51(50-56)52(57)46-42-38-34-30-12-10-8-6-4-2/h19,21,51-52,56-57H,3-18,20,22-50H2,1-2H3,(H,55,58)/b21-19-. The summed E-state index contributed by atoms with van der Waals surface area (Å²) in [4.78, 5) is 24.4. The lowest BCUT2D eigenvalue weighted by Gasteiger charge is -2.22. The van der Waals surface area contributed by atoms with Gasteiger partial charge in [0.15, 0.2) is 0 Å². The third kappa shape index (κ3) is 46.1. The maximum atomic E-state index is 12.4. The number of hydrogen-bond acceptors (Lipinski definition) is 5. The van der Waals surface area contributed by atoms with Crippen LogP contribution in [0.2, 0.25) is 0 Å². The predicted molar refractivity (Wildman–Crippen MR) is 260 cm³/mol. The van der Waals surface area contributed by atoms with Crippen molar-refractivity contribution in [2.75, 3.05) is 13.2 Å². The lowest BCUT2D eigenvalue weighted by Crippen LogP contribution is -2.45. The zero-order valence-electron chi connectivity index (χ0n) is 40.5. The van der Waals surface area contributed by atoms with Gasteiger partial charge in [-0.15, -0.1) is 0 Å². The summed E-state index contributed by atoms with van der Waals surface area (Å²) in [6, 6.07) is -0.548. The van der Waals surface area contributed by atoms with E-state index in [1.807, 2.05) is 0 Å². The van der Waals surface area contributed by atoms with Crippen LogP contribution in [0.1, 0.15) is 296 Å². The Balaban J connectivity index is 3.40. The molecule has 0 aromatic rings. The topological polar surface area (TPSA) is 95.9 Å². The highest BCUT2D eigenvalue weighted by molar-refractivity contribution is 5.76. The van der Waals surface area contributed by atoms with Crippen LogP contribution in [0, 0.1) is 0 Å². The highest BCUT2D eigenvalue weighted by Crippen LogP contribution is 2.17. The van der Waals surface area contributed by atoms with Crippen LogP contribution in [0.15, 0.2) is 12.2 Å². The lowest BCUT2D eigenvalue weighted by atomic mass is 10.0. The summed E-state index contributed by atoms with van der Waals surface area (Å²) in [5.74, 6) is -0.0448. The molecular weight excluding hydrogens is 743 g/mol. The first-order chi connectivity index (χ1) is 29.5. The van der Waals surface area contributed by atoms with Crippen LogP contribution in [0.3, 0.4) is 0 Å². The first kappa shape index (κ1) is 58.6. The summed E-state index contributed by atoms with van der Waals surface area (Å²) in [7, 11) is 0. The van der Waals surface area contributed by atoms with E-state index in [-0.39, 0.29) is 18.5 Å². The average Bonchev–Trinajstić information content (AvgIpc) is 3.25. The molecule has 0 rings (SSSR count). The monoisotopic (exact) mass is 848 g/mol. The quantitative estimate of drug-likeness (QED) is 0.0322. The summed E-state index contributed by atoms with van der Waals surface area (Å²) in [6.45, 7) is 4.93. The fourth-order valence-corrected chi connectivity index (χ4v) is 8.40. The molecule has 0 aliphatic carbocycles. The molecule has 0 saturated heterocycles. The van der Waals surface area contributed by atoms with E-state index >= 15 is 0 Å². The molecule has 2 unspecified atom stereocenters. The molecule has 3 N–H and O–H groups in total. The second kappa shape index (κ2) is 50.2. The lowest BCUT2D eigenvalue weighted by molar-refractivity contribution is -0.143. The van der Waals surface area contributed by atoms with Gasteiger partial charge in [0.2, 0.25) is 5.91 Å². The summed E-state index contributed by atoms with van der Waals surface area (Å²) < 4.78 is 5.48. The number of carbonyl (C=O) groups is 2. The molecule has 0 aromatic carbocycles. The molecule has 60 heavy (non-hydrogen) atoms. The highest BCUT2D eigenvalue weighted by atomic mass is 16.5. The van der Waals surface area contributed by atoms with E-state index in [4.69, 9.17) is 4.74 Å². The largest absolute Gasteiger partial charge is 0.466 e. The zero-order chi connectivity index (χ0) is 43.7. The van der Waals surface area contributed by atoms with Crippen molar-refractivity contribution in [2.45, 2.75) is 309 Å². The van der Waals surface area contributed by atoms with Crippen molar-refractivity contribution in [2.24, 2.45) is 0 Å². The number of nitrogens with one attached hydrogen (secondary N) is 1. The Morgan fingerprint density at radius 1 is 0.450 bits per heavy atom. The van der Waals surface area contributed by atoms with Gasteiger partial charge in [-0.1, -0.05) is 244 Å². The molecule has 0 radical (unpaired) electrons. The average molecular weight is 848 g/mol. The minimum absolute atomic E-state index is 0.00636. The van der Waals surface area contributed by atoms with Gasteiger partial charge in [0.05, 0.1) is 25.4 Å². The van der Waals surface area contributed by atoms with E-state index in [0.717, 1.165) is 51.4 Å². The van der Waals surface area contributed by atoms with Crippen LogP contribution in [-0.4, -0.2) is 47.4 Å². The van der Waals surface area contributed by atoms with E-state index < -0.39 is 12.1 Å². The first-order valence-corrected chi connectivity index (χ1v) is 26.9. The molecule has 0 heterocycles. The third-order valence-corrected chi connectivity index (χ3v) is 12.6. The molecule has 2 atom stereocenters. The van der Waals surface area contributed by atoms with Crippen molar-refractivity contribution in [1.29, 1.82) is 0 Å². The Morgan fingerprint density at radius 2 is 0.783 bits per heavy atom. The zero-order valence-corrected chi connectivity index (χ0v) is 40.5. The van der Waals surface area contributed by atoms with Crippen molar-refractivity contribution in [3.63, 3.8) is 0 Å². The van der Waals surface area contributed by atoms with Gasteiger partial charge in [-0.25, -0.2) is 0 Å². The Labute approximate surface area is 374 Å². The number of unbranched alkanes of at least 4 members (excludes halogenated alkanes) is 37. The molecule has 0 spiro atoms. The summed E-state index contributed by atoms with van der Waals surface area (Å²) >= 11 is 0. The molecule has 6 nitrogen and oxygen atoms in total.